The SMILES string of the molecule is CO[C@@H]1CCCCC[C@H](O)[C@H]1O. The lowest BCUT2D eigenvalue weighted by molar-refractivity contribution is -0.0854. The van der Waals surface area contributed by atoms with Gasteiger partial charge in [-0.25, -0.2) is 0 Å². The highest BCUT2D eigenvalue weighted by Gasteiger charge is 2.27. The van der Waals surface area contributed by atoms with Crippen molar-refractivity contribution in [2.24, 2.45) is 0 Å². The summed E-state index contributed by atoms with van der Waals surface area (Å²) in [4.78, 5) is 0. The normalized spacial score (nSPS) is 38.8. The Bertz CT molecular complexity index is 127. The van der Waals surface area contributed by atoms with E-state index in [2.05, 4.69) is 0 Å². The summed E-state index contributed by atoms with van der Waals surface area (Å²) in [5, 5.41) is 19.0. The minimum absolute atomic E-state index is 0.180. The molecule has 0 radical (unpaired) electrons. The highest BCUT2D eigenvalue weighted by molar-refractivity contribution is 4.78. The fraction of sp³-hybridized carbons (Fsp3) is 1.00. The number of rotatable bonds is 1. The summed E-state index contributed by atoms with van der Waals surface area (Å²) in [5.74, 6) is 0. The Balaban J connectivity index is 2.47. The highest BCUT2D eigenvalue weighted by Crippen LogP contribution is 2.19. The molecule has 72 valence electrons. The van der Waals surface area contributed by atoms with Gasteiger partial charge in [-0.05, 0) is 12.8 Å². The lowest BCUT2D eigenvalue weighted by Crippen LogP contribution is -2.39. The summed E-state index contributed by atoms with van der Waals surface area (Å²) >= 11 is 0. The van der Waals surface area contributed by atoms with Crippen LogP contribution in [0.3, 0.4) is 0 Å². The van der Waals surface area contributed by atoms with Crippen molar-refractivity contribution < 1.29 is 14.9 Å². The van der Waals surface area contributed by atoms with Crippen LogP contribution in [-0.4, -0.2) is 35.6 Å². The number of aliphatic hydroxyl groups is 2. The summed E-state index contributed by atoms with van der Waals surface area (Å²) in [6.45, 7) is 0. The Hall–Kier alpha value is -0.120. The van der Waals surface area contributed by atoms with Crippen LogP contribution in [0, 0.1) is 0 Å². The van der Waals surface area contributed by atoms with E-state index >= 15 is 0 Å². The zero-order chi connectivity index (χ0) is 8.97. The molecule has 0 aliphatic heterocycles. The minimum Gasteiger partial charge on any atom is -0.390 e. The molecule has 1 aliphatic rings. The Morgan fingerprint density at radius 1 is 1.08 bits per heavy atom. The van der Waals surface area contributed by atoms with Gasteiger partial charge in [0.1, 0.15) is 6.10 Å². The fourth-order valence-electron chi connectivity index (χ4n) is 1.72. The van der Waals surface area contributed by atoms with Crippen LogP contribution in [0.25, 0.3) is 0 Å². The molecule has 3 heteroatoms. The third-order valence-corrected chi connectivity index (χ3v) is 2.57. The maximum Gasteiger partial charge on any atom is 0.106 e. The molecule has 0 bridgehead atoms. The van der Waals surface area contributed by atoms with E-state index in [9.17, 15) is 10.2 Å². The predicted octanol–water partition coefficient (Wildman–Crippen LogP) is 0.687. The highest BCUT2D eigenvalue weighted by atomic mass is 16.5. The van der Waals surface area contributed by atoms with Crippen molar-refractivity contribution in [2.75, 3.05) is 7.11 Å². The second-order valence-corrected chi connectivity index (χ2v) is 3.47. The summed E-state index contributed by atoms with van der Waals surface area (Å²) in [7, 11) is 1.59. The Morgan fingerprint density at radius 2 is 1.75 bits per heavy atom. The Labute approximate surface area is 73.4 Å². The van der Waals surface area contributed by atoms with E-state index < -0.39 is 12.2 Å². The van der Waals surface area contributed by atoms with Crippen LogP contribution < -0.4 is 0 Å². The largest absolute Gasteiger partial charge is 0.390 e. The molecule has 1 rings (SSSR count). The predicted molar refractivity (Wildman–Crippen MR) is 45.9 cm³/mol. The van der Waals surface area contributed by atoms with Crippen molar-refractivity contribution in [3.63, 3.8) is 0 Å². The zero-order valence-corrected chi connectivity index (χ0v) is 7.57. The number of hydrogen-bond donors (Lipinski definition) is 2. The lowest BCUT2D eigenvalue weighted by atomic mass is 9.94. The van der Waals surface area contributed by atoms with Gasteiger partial charge < -0.3 is 14.9 Å². The summed E-state index contributed by atoms with van der Waals surface area (Å²) in [6, 6.07) is 0. The van der Waals surface area contributed by atoms with E-state index in [1.807, 2.05) is 0 Å². The molecule has 0 aromatic carbocycles. The summed E-state index contributed by atoms with van der Waals surface area (Å²) in [6.07, 6.45) is 3.29. The molecular formula is C9H18O3. The van der Waals surface area contributed by atoms with Crippen LogP contribution in [0.15, 0.2) is 0 Å². The van der Waals surface area contributed by atoms with E-state index in [4.69, 9.17) is 4.74 Å². The first kappa shape index (κ1) is 9.96. The topological polar surface area (TPSA) is 49.7 Å². The van der Waals surface area contributed by atoms with Gasteiger partial charge in [-0.2, -0.15) is 0 Å². The molecule has 1 fully saturated rings. The van der Waals surface area contributed by atoms with Gasteiger partial charge in [-0.1, -0.05) is 19.3 Å². The van der Waals surface area contributed by atoms with Gasteiger partial charge in [0.05, 0.1) is 12.2 Å². The fourth-order valence-corrected chi connectivity index (χ4v) is 1.72. The van der Waals surface area contributed by atoms with Crippen molar-refractivity contribution in [3.05, 3.63) is 0 Å². The van der Waals surface area contributed by atoms with E-state index in [-0.39, 0.29) is 6.10 Å². The second-order valence-electron chi connectivity index (χ2n) is 3.47. The Kier molecular flexibility index (Phi) is 3.98. The van der Waals surface area contributed by atoms with Gasteiger partial charge in [0, 0.05) is 7.11 Å². The van der Waals surface area contributed by atoms with Gasteiger partial charge in [-0.15, -0.1) is 0 Å². The molecule has 2 N–H and O–H groups in total. The van der Waals surface area contributed by atoms with Crippen molar-refractivity contribution in [1.82, 2.24) is 0 Å². The first-order valence-corrected chi connectivity index (χ1v) is 4.64. The van der Waals surface area contributed by atoms with Crippen molar-refractivity contribution in [1.29, 1.82) is 0 Å². The first-order chi connectivity index (χ1) is 5.75. The third-order valence-electron chi connectivity index (χ3n) is 2.57. The van der Waals surface area contributed by atoms with Gasteiger partial charge in [-0.3, -0.25) is 0 Å². The van der Waals surface area contributed by atoms with Crippen molar-refractivity contribution in [3.8, 4) is 0 Å². The summed E-state index contributed by atoms with van der Waals surface area (Å²) < 4.78 is 5.10. The third kappa shape index (κ3) is 2.44. The molecule has 3 atom stereocenters. The van der Waals surface area contributed by atoms with Gasteiger partial charge in [0.15, 0.2) is 0 Å². The van der Waals surface area contributed by atoms with Crippen LogP contribution in [0.5, 0.6) is 0 Å². The van der Waals surface area contributed by atoms with E-state index in [1.54, 1.807) is 7.11 Å². The zero-order valence-electron chi connectivity index (χ0n) is 7.57. The van der Waals surface area contributed by atoms with E-state index in [0.717, 1.165) is 25.7 Å². The lowest BCUT2D eigenvalue weighted by Gasteiger charge is -2.27. The van der Waals surface area contributed by atoms with Crippen LogP contribution >= 0.6 is 0 Å². The van der Waals surface area contributed by atoms with Crippen LogP contribution in [0.4, 0.5) is 0 Å². The summed E-state index contributed by atoms with van der Waals surface area (Å²) in [5.41, 5.74) is 0. The smallest absolute Gasteiger partial charge is 0.106 e. The molecular weight excluding hydrogens is 156 g/mol. The molecule has 0 saturated heterocycles. The number of methoxy groups -OCH3 is 1. The van der Waals surface area contributed by atoms with Crippen LogP contribution in [0.1, 0.15) is 32.1 Å². The van der Waals surface area contributed by atoms with Crippen molar-refractivity contribution in [2.45, 2.75) is 50.4 Å². The monoisotopic (exact) mass is 174 g/mol. The molecule has 1 aliphatic carbocycles. The minimum atomic E-state index is -0.699. The number of aliphatic hydroxyl groups excluding tert-OH is 2. The van der Waals surface area contributed by atoms with Crippen molar-refractivity contribution >= 4 is 0 Å². The molecule has 0 unspecified atom stereocenters. The maximum atomic E-state index is 9.57. The standard InChI is InChI=1S/C9H18O3/c1-12-8-6-4-2-3-5-7(10)9(8)11/h7-11H,2-6H2,1H3/t7-,8+,9+/m0/s1. The molecule has 0 spiro atoms. The maximum absolute atomic E-state index is 9.57. The average Bonchev–Trinajstić information content (AvgIpc) is 2.07. The van der Waals surface area contributed by atoms with Gasteiger partial charge in [0.25, 0.3) is 0 Å². The molecule has 3 nitrogen and oxygen atoms in total. The van der Waals surface area contributed by atoms with Crippen LogP contribution in [0.2, 0.25) is 0 Å². The Morgan fingerprint density at radius 3 is 2.42 bits per heavy atom. The second kappa shape index (κ2) is 4.80. The van der Waals surface area contributed by atoms with Crippen LogP contribution in [-0.2, 0) is 4.74 Å². The molecule has 1 saturated carbocycles. The molecule has 0 heterocycles. The van der Waals surface area contributed by atoms with Gasteiger partial charge >= 0.3 is 0 Å². The molecule has 0 amide bonds. The van der Waals surface area contributed by atoms with E-state index in [0.29, 0.717) is 6.42 Å². The average molecular weight is 174 g/mol. The molecule has 12 heavy (non-hydrogen) atoms. The van der Waals surface area contributed by atoms with Gasteiger partial charge in [0.2, 0.25) is 0 Å². The first-order valence-electron chi connectivity index (χ1n) is 4.64. The van der Waals surface area contributed by atoms with E-state index in [1.165, 1.54) is 0 Å². The molecule has 0 aromatic heterocycles. The number of hydrogen-bond acceptors (Lipinski definition) is 3. The quantitative estimate of drug-likeness (QED) is 0.615. The molecule has 0 aromatic rings. The number of ether oxygens (including phenoxy) is 1.